The largest absolute Gasteiger partial charge is 1.00 e. The monoisotopic (exact) mass is 418 g/mol. The number of hydrogen-bond acceptors (Lipinski definition) is 11. The van der Waals surface area contributed by atoms with E-state index in [1.54, 1.807) is 0 Å². The minimum absolute atomic E-state index is 0. The second-order valence-corrected chi connectivity index (χ2v) is 6.41. The first kappa shape index (κ1) is 20.2. The molecule has 2 aromatic carbocycles. The molecule has 0 aliphatic heterocycles. The Morgan fingerprint density at radius 3 is 2.11 bits per heavy atom. The molecule has 28 heavy (non-hydrogen) atoms. The predicted molar refractivity (Wildman–Crippen MR) is 87.4 cm³/mol. The third kappa shape index (κ3) is 2.86. The van der Waals surface area contributed by atoms with Crippen LogP contribution in [0.4, 0.5) is 0 Å². The first-order valence-corrected chi connectivity index (χ1v) is 8.39. The van der Waals surface area contributed by atoms with Crippen LogP contribution in [0, 0.1) is 0 Å². The fraction of sp³-hybridized carbons (Fsp3) is 0.0667. The zero-order chi connectivity index (χ0) is 19.7. The van der Waals surface area contributed by atoms with Crippen molar-refractivity contribution in [2.45, 2.75) is 0 Å². The number of phenolic OH excluding ortho intramolecular Hbond substituents is 2. The van der Waals surface area contributed by atoms with E-state index in [9.17, 15) is 32.8 Å². The van der Waals surface area contributed by atoms with E-state index >= 15 is 0 Å². The Kier molecular flexibility index (Phi) is 4.72. The predicted octanol–water partition coefficient (Wildman–Crippen LogP) is -2.25. The molecule has 4 aromatic rings. The SMILES string of the molecule is COc1c(OS(=O)(=O)[O-])cc2c(=O)oc3c(O)c(O)cc4c(=O)oc1c2c34.[Na+]. The summed E-state index contributed by atoms with van der Waals surface area (Å²) >= 11 is 0. The van der Waals surface area contributed by atoms with E-state index in [0.717, 1.165) is 19.2 Å². The van der Waals surface area contributed by atoms with E-state index in [1.165, 1.54) is 0 Å². The minimum atomic E-state index is -5.25. The van der Waals surface area contributed by atoms with Gasteiger partial charge >= 0.3 is 40.8 Å². The molecule has 2 aromatic heterocycles. The van der Waals surface area contributed by atoms with Crippen molar-refractivity contribution in [3.8, 4) is 23.0 Å². The molecular weight excluding hydrogens is 411 g/mol. The summed E-state index contributed by atoms with van der Waals surface area (Å²) < 4.78 is 52.2. The fourth-order valence-corrected chi connectivity index (χ4v) is 3.27. The summed E-state index contributed by atoms with van der Waals surface area (Å²) in [6, 6.07) is 1.78. The van der Waals surface area contributed by atoms with Crippen molar-refractivity contribution in [3.63, 3.8) is 0 Å². The van der Waals surface area contributed by atoms with Crippen molar-refractivity contribution in [1.82, 2.24) is 0 Å². The van der Waals surface area contributed by atoms with Gasteiger partial charge in [-0.2, -0.15) is 0 Å². The molecule has 0 fully saturated rings. The van der Waals surface area contributed by atoms with Gasteiger partial charge in [-0.15, -0.1) is 0 Å². The molecule has 0 amide bonds. The van der Waals surface area contributed by atoms with Gasteiger partial charge in [-0.3, -0.25) is 0 Å². The van der Waals surface area contributed by atoms with E-state index in [2.05, 4.69) is 4.18 Å². The first-order valence-electron chi connectivity index (χ1n) is 7.06. The summed E-state index contributed by atoms with van der Waals surface area (Å²) in [7, 11) is -4.16. The second-order valence-electron chi connectivity index (χ2n) is 5.43. The molecule has 0 atom stereocenters. The molecule has 2 N–H and O–H groups in total. The van der Waals surface area contributed by atoms with Crippen molar-refractivity contribution < 1.29 is 70.5 Å². The average Bonchev–Trinajstić information content (AvgIpc) is 2.56. The third-order valence-electron chi connectivity index (χ3n) is 3.91. The summed E-state index contributed by atoms with van der Waals surface area (Å²) in [5, 5.41) is 19.1. The number of phenols is 2. The molecular formula is C15H7NaO11S. The zero-order valence-corrected chi connectivity index (χ0v) is 16.9. The second kappa shape index (κ2) is 6.53. The van der Waals surface area contributed by atoms with Gasteiger partial charge in [-0.1, -0.05) is 0 Å². The molecule has 0 aliphatic rings. The Morgan fingerprint density at radius 2 is 1.54 bits per heavy atom. The van der Waals surface area contributed by atoms with E-state index in [-0.39, 0.29) is 51.1 Å². The van der Waals surface area contributed by atoms with Gasteiger partial charge in [0.1, 0.15) is 0 Å². The number of rotatable bonds is 3. The van der Waals surface area contributed by atoms with Crippen LogP contribution in [0.3, 0.4) is 0 Å². The molecule has 0 saturated heterocycles. The normalized spacial score (nSPS) is 11.8. The van der Waals surface area contributed by atoms with Crippen LogP contribution in [0.25, 0.3) is 32.7 Å². The topological polar surface area (TPSA) is 177 Å². The number of methoxy groups -OCH3 is 1. The van der Waals surface area contributed by atoms with Gasteiger partial charge in [-0.05, 0) is 6.07 Å². The van der Waals surface area contributed by atoms with Gasteiger partial charge < -0.3 is 32.5 Å². The maximum absolute atomic E-state index is 12.3. The maximum atomic E-state index is 12.3. The van der Waals surface area contributed by atoms with Crippen molar-refractivity contribution >= 4 is 43.1 Å². The van der Waals surface area contributed by atoms with Gasteiger partial charge in [0.25, 0.3) is 10.4 Å². The van der Waals surface area contributed by atoms with Crippen LogP contribution >= 0.6 is 0 Å². The molecule has 0 aliphatic carbocycles. The van der Waals surface area contributed by atoms with E-state index in [1.807, 2.05) is 0 Å². The van der Waals surface area contributed by atoms with E-state index in [0.29, 0.717) is 0 Å². The molecule has 0 spiro atoms. The average molecular weight is 418 g/mol. The smallest absolute Gasteiger partial charge is 0.716 e. The Morgan fingerprint density at radius 1 is 1.00 bits per heavy atom. The Labute approximate surface area is 176 Å². The first-order chi connectivity index (χ1) is 12.6. The number of ether oxygens (including phenoxy) is 1. The zero-order valence-electron chi connectivity index (χ0n) is 14.1. The molecule has 0 saturated carbocycles. The molecule has 0 radical (unpaired) electrons. The van der Waals surface area contributed by atoms with Gasteiger partial charge in [-0.25, -0.2) is 18.0 Å². The van der Waals surface area contributed by atoms with Crippen LogP contribution in [-0.2, 0) is 10.4 Å². The Bertz CT molecular complexity index is 1470. The standard InChI is InChI=1S/C15H8O11S.Na/c1-23-11-7(26-27(20,21)22)3-5-9-8-4(14(18)25-13(9)11)2-6(16)10(17)12(8)24-15(5)19;/h2-3,16-17H,1H3,(H,20,21,22);/q;+1/p-1. The summed E-state index contributed by atoms with van der Waals surface area (Å²) in [6.07, 6.45) is 0. The summed E-state index contributed by atoms with van der Waals surface area (Å²) in [5.41, 5.74) is -2.99. The van der Waals surface area contributed by atoms with Crippen molar-refractivity contribution in [3.05, 3.63) is 33.0 Å². The van der Waals surface area contributed by atoms with Crippen LogP contribution in [-0.4, -0.2) is 30.3 Å². The van der Waals surface area contributed by atoms with Gasteiger partial charge in [0.15, 0.2) is 22.7 Å². The van der Waals surface area contributed by atoms with Crippen molar-refractivity contribution in [1.29, 1.82) is 0 Å². The number of hydrogen-bond donors (Lipinski definition) is 2. The van der Waals surface area contributed by atoms with Crippen molar-refractivity contribution in [2.24, 2.45) is 0 Å². The summed E-state index contributed by atoms with van der Waals surface area (Å²) in [5.74, 6) is -2.64. The summed E-state index contributed by atoms with van der Waals surface area (Å²) in [6.45, 7) is 0. The Hall–Kier alpha value is -2.51. The van der Waals surface area contributed by atoms with Gasteiger partial charge in [0.2, 0.25) is 11.5 Å². The van der Waals surface area contributed by atoms with Crippen molar-refractivity contribution in [2.75, 3.05) is 7.11 Å². The van der Waals surface area contributed by atoms with Crippen LogP contribution in [0.2, 0.25) is 0 Å². The third-order valence-corrected chi connectivity index (χ3v) is 4.30. The van der Waals surface area contributed by atoms with Crippen LogP contribution in [0.5, 0.6) is 23.0 Å². The molecule has 140 valence electrons. The Balaban J connectivity index is 0.00000225. The van der Waals surface area contributed by atoms with Gasteiger partial charge in [0.05, 0.1) is 17.9 Å². The molecule has 2 heterocycles. The van der Waals surface area contributed by atoms with E-state index < -0.39 is 55.8 Å². The van der Waals surface area contributed by atoms with E-state index in [4.69, 9.17) is 13.6 Å². The number of benzene rings is 2. The van der Waals surface area contributed by atoms with Crippen LogP contribution < -0.4 is 49.7 Å². The number of aromatic hydroxyl groups is 2. The quantitative estimate of drug-likeness (QED) is 0.0918. The van der Waals surface area contributed by atoms with Crippen LogP contribution in [0.15, 0.2) is 30.6 Å². The molecule has 0 unspecified atom stereocenters. The fourth-order valence-electron chi connectivity index (χ4n) is 2.93. The molecule has 4 rings (SSSR count). The summed E-state index contributed by atoms with van der Waals surface area (Å²) in [4.78, 5) is 24.6. The van der Waals surface area contributed by atoms with Crippen LogP contribution in [0.1, 0.15) is 0 Å². The molecule has 13 heteroatoms. The van der Waals surface area contributed by atoms with Gasteiger partial charge in [0, 0.05) is 16.8 Å². The minimum Gasteiger partial charge on any atom is -0.716 e. The maximum Gasteiger partial charge on any atom is 1.00 e. The molecule has 0 bridgehead atoms. The molecule has 11 nitrogen and oxygen atoms in total.